The van der Waals surface area contributed by atoms with E-state index in [0.717, 1.165) is 22.7 Å². The van der Waals surface area contributed by atoms with Crippen LogP contribution in [0.2, 0.25) is 0 Å². The Labute approximate surface area is 141 Å². The minimum absolute atomic E-state index is 0.0557. The number of ether oxygens (including phenoxy) is 2. The first-order valence-corrected chi connectivity index (χ1v) is 7.76. The van der Waals surface area contributed by atoms with E-state index in [9.17, 15) is 4.79 Å². The van der Waals surface area contributed by atoms with Crippen LogP contribution in [0.15, 0.2) is 55.1 Å². The fraction of sp³-hybridized carbons (Fsp3) is 0.211. The third-order valence-electron chi connectivity index (χ3n) is 3.85. The zero-order valence-corrected chi connectivity index (χ0v) is 13.6. The molecule has 0 aromatic heterocycles. The summed E-state index contributed by atoms with van der Waals surface area (Å²) in [6.07, 6.45) is 1.71. The van der Waals surface area contributed by atoms with Gasteiger partial charge in [-0.2, -0.15) is 0 Å². The van der Waals surface area contributed by atoms with E-state index in [2.05, 4.69) is 11.9 Å². The SMILES string of the molecule is C=CCN1C(=O)COc2cc(NCc3cccc(OC)c3)ccc21. The third-order valence-corrected chi connectivity index (χ3v) is 3.85. The first-order chi connectivity index (χ1) is 11.7. The number of fused-ring (bicyclic) bond motifs is 1. The van der Waals surface area contributed by atoms with Crippen LogP contribution < -0.4 is 19.7 Å². The van der Waals surface area contributed by atoms with Crippen molar-refractivity contribution >= 4 is 17.3 Å². The molecule has 1 heterocycles. The van der Waals surface area contributed by atoms with Crippen LogP contribution in [0, 0.1) is 0 Å². The van der Waals surface area contributed by atoms with E-state index < -0.39 is 0 Å². The molecule has 0 saturated carbocycles. The van der Waals surface area contributed by atoms with Crippen molar-refractivity contribution in [2.24, 2.45) is 0 Å². The van der Waals surface area contributed by atoms with Crippen LogP contribution in [0.3, 0.4) is 0 Å². The Balaban J connectivity index is 1.74. The summed E-state index contributed by atoms with van der Waals surface area (Å²) in [5.41, 5.74) is 2.83. The maximum atomic E-state index is 11.9. The maximum absolute atomic E-state index is 11.9. The lowest BCUT2D eigenvalue weighted by Gasteiger charge is -2.28. The predicted molar refractivity (Wildman–Crippen MR) is 94.8 cm³/mol. The number of carbonyl (C=O) groups is 1. The van der Waals surface area contributed by atoms with Gasteiger partial charge in [-0.1, -0.05) is 18.2 Å². The zero-order chi connectivity index (χ0) is 16.9. The second-order valence-corrected chi connectivity index (χ2v) is 5.47. The standard InChI is InChI=1S/C19H20N2O3/c1-3-9-21-17-8-7-15(11-18(17)24-13-19(21)22)20-12-14-5-4-6-16(10-14)23-2/h3-8,10-11,20H,1,9,12-13H2,2H3. The van der Waals surface area contributed by atoms with Gasteiger partial charge in [-0.25, -0.2) is 0 Å². The lowest BCUT2D eigenvalue weighted by atomic mass is 10.2. The highest BCUT2D eigenvalue weighted by Gasteiger charge is 2.24. The highest BCUT2D eigenvalue weighted by atomic mass is 16.5. The Morgan fingerprint density at radius 1 is 1.33 bits per heavy atom. The van der Waals surface area contributed by atoms with Crippen LogP contribution in [-0.2, 0) is 11.3 Å². The van der Waals surface area contributed by atoms with Gasteiger partial charge in [-0.05, 0) is 29.8 Å². The summed E-state index contributed by atoms with van der Waals surface area (Å²) in [5, 5.41) is 3.36. The van der Waals surface area contributed by atoms with Crippen LogP contribution in [0.5, 0.6) is 11.5 Å². The van der Waals surface area contributed by atoms with Gasteiger partial charge in [0.2, 0.25) is 0 Å². The second-order valence-electron chi connectivity index (χ2n) is 5.47. The minimum atomic E-state index is -0.0560. The minimum Gasteiger partial charge on any atom is -0.497 e. The highest BCUT2D eigenvalue weighted by Crippen LogP contribution is 2.34. The number of amides is 1. The molecule has 1 amide bonds. The van der Waals surface area contributed by atoms with Gasteiger partial charge in [-0.3, -0.25) is 4.79 Å². The van der Waals surface area contributed by atoms with Crippen LogP contribution in [0.4, 0.5) is 11.4 Å². The van der Waals surface area contributed by atoms with Gasteiger partial charge in [-0.15, -0.1) is 6.58 Å². The Morgan fingerprint density at radius 2 is 2.21 bits per heavy atom. The van der Waals surface area contributed by atoms with Gasteiger partial charge in [0.1, 0.15) is 11.5 Å². The van der Waals surface area contributed by atoms with Gasteiger partial charge >= 0.3 is 0 Å². The van der Waals surface area contributed by atoms with Gasteiger partial charge in [0, 0.05) is 24.8 Å². The molecule has 5 nitrogen and oxygen atoms in total. The number of benzene rings is 2. The van der Waals surface area contributed by atoms with Crippen molar-refractivity contribution in [2.75, 3.05) is 30.5 Å². The molecule has 0 aliphatic carbocycles. The van der Waals surface area contributed by atoms with Crippen LogP contribution in [0.25, 0.3) is 0 Å². The van der Waals surface area contributed by atoms with Crippen molar-refractivity contribution in [3.63, 3.8) is 0 Å². The van der Waals surface area contributed by atoms with E-state index in [-0.39, 0.29) is 12.5 Å². The molecule has 0 spiro atoms. The number of nitrogens with one attached hydrogen (secondary N) is 1. The number of methoxy groups -OCH3 is 1. The average Bonchev–Trinajstić information content (AvgIpc) is 2.62. The van der Waals surface area contributed by atoms with E-state index in [1.807, 2.05) is 42.5 Å². The molecule has 24 heavy (non-hydrogen) atoms. The molecule has 5 heteroatoms. The maximum Gasteiger partial charge on any atom is 0.265 e. The summed E-state index contributed by atoms with van der Waals surface area (Å²) in [7, 11) is 1.66. The molecule has 2 aromatic carbocycles. The van der Waals surface area contributed by atoms with E-state index >= 15 is 0 Å². The molecular weight excluding hydrogens is 304 g/mol. The molecule has 2 aromatic rings. The lowest BCUT2D eigenvalue weighted by molar-refractivity contribution is -0.121. The molecule has 0 atom stereocenters. The zero-order valence-electron chi connectivity index (χ0n) is 13.6. The van der Waals surface area contributed by atoms with Crippen LogP contribution in [-0.4, -0.2) is 26.2 Å². The summed E-state index contributed by atoms with van der Waals surface area (Å²) in [5.74, 6) is 1.48. The van der Waals surface area contributed by atoms with Gasteiger partial charge in [0.25, 0.3) is 5.91 Å². The first-order valence-electron chi connectivity index (χ1n) is 7.76. The normalized spacial score (nSPS) is 13.0. The van der Waals surface area contributed by atoms with Crippen LogP contribution >= 0.6 is 0 Å². The molecule has 0 radical (unpaired) electrons. The molecule has 0 saturated heterocycles. The number of carbonyl (C=O) groups excluding carboxylic acids is 1. The first kappa shape index (κ1) is 15.9. The number of nitrogens with zero attached hydrogens (tertiary/aromatic N) is 1. The summed E-state index contributed by atoms with van der Waals surface area (Å²) in [6, 6.07) is 13.7. The molecule has 1 aliphatic heterocycles. The van der Waals surface area contributed by atoms with Crippen molar-refractivity contribution in [1.29, 1.82) is 0 Å². The molecule has 3 rings (SSSR count). The Hall–Kier alpha value is -2.95. The molecule has 1 aliphatic rings. The number of hydrogen-bond acceptors (Lipinski definition) is 4. The molecular formula is C19H20N2O3. The van der Waals surface area contributed by atoms with Gasteiger partial charge in [0.05, 0.1) is 12.8 Å². The second kappa shape index (κ2) is 7.08. The van der Waals surface area contributed by atoms with Crippen molar-refractivity contribution in [1.82, 2.24) is 0 Å². The molecule has 0 unspecified atom stereocenters. The fourth-order valence-corrected chi connectivity index (χ4v) is 2.63. The smallest absolute Gasteiger partial charge is 0.265 e. The Kier molecular flexibility index (Phi) is 4.70. The van der Waals surface area contributed by atoms with Crippen molar-refractivity contribution in [3.8, 4) is 11.5 Å². The highest BCUT2D eigenvalue weighted by molar-refractivity contribution is 5.98. The molecule has 0 fully saturated rings. The molecule has 1 N–H and O–H groups in total. The summed E-state index contributed by atoms with van der Waals surface area (Å²) < 4.78 is 10.8. The van der Waals surface area contributed by atoms with Crippen molar-refractivity contribution in [3.05, 3.63) is 60.7 Å². The predicted octanol–water partition coefficient (Wildman–Crippen LogP) is 3.22. The van der Waals surface area contributed by atoms with Crippen molar-refractivity contribution in [2.45, 2.75) is 6.54 Å². The lowest BCUT2D eigenvalue weighted by Crippen LogP contribution is -2.38. The topological polar surface area (TPSA) is 50.8 Å². The van der Waals surface area contributed by atoms with E-state index in [1.54, 1.807) is 18.1 Å². The summed E-state index contributed by atoms with van der Waals surface area (Å²) in [4.78, 5) is 13.6. The van der Waals surface area contributed by atoms with E-state index in [0.29, 0.717) is 18.8 Å². The van der Waals surface area contributed by atoms with Crippen molar-refractivity contribution < 1.29 is 14.3 Å². The third kappa shape index (κ3) is 3.35. The largest absolute Gasteiger partial charge is 0.497 e. The summed E-state index contributed by atoms with van der Waals surface area (Å²) in [6.45, 7) is 4.91. The monoisotopic (exact) mass is 324 g/mol. The quantitative estimate of drug-likeness (QED) is 0.829. The van der Waals surface area contributed by atoms with E-state index in [4.69, 9.17) is 9.47 Å². The van der Waals surface area contributed by atoms with E-state index in [1.165, 1.54) is 0 Å². The number of hydrogen-bond donors (Lipinski definition) is 1. The Bertz CT molecular complexity index is 758. The Morgan fingerprint density at radius 3 is 3.00 bits per heavy atom. The van der Waals surface area contributed by atoms with Gasteiger partial charge in [0.15, 0.2) is 6.61 Å². The summed E-state index contributed by atoms with van der Waals surface area (Å²) >= 11 is 0. The molecule has 0 bridgehead atoms. The van der Waals surface area contributed by atoms with Crippen LogP contribution in [0.1, 0.15) is 5.56 Å². The fourth-order valence-electron chi connectivity index (χ4n) is 2.63. The number of anilines is 2. The molecule has 124 valence electrons. The average molecular weight is 324 g/mol. The number of rotatable bonds is 6. The van der Waals surface area contributed by atoms with Gasteiger partial charge < -0.3 is 19.7 Å².